The molecule has 1 amide bonds. The summed E-state index contributed by atoms with van der Waals surface area (Å²) in [5.74, 6) is 0.651. The molecule has 2 heterocycles. The number of rotatable bonds is 7. The summed E-state index contributed by atoms with van der Waals surface area (Å²) < 4.78 is 17.6. The Bertz CT molecular complexity index is 1560. The molecule has 0 radical (unpaired) electrons. The van der Waals surface area contributed by atoms with Gasteiger partial charge in [-0.15, -0.1) is 0 Å². The first kappa shape index (κ1) is 23.7. The highest BCUT2D eigenvalue weighted by atomic mass is 35.5. The summed E-state index contributed by atoms with van der Waals surface area (Å²) >= 11 is 6.28. The second-order valence-corrected chi connectivity index (χ2v) is 8.91. The molecule has 0 saturated heterocycles. The normalized spacial score (nSPS) is 14.7. The van der Waals surface area contributed by atoms with Gasteiger partial charge in [0.25, 0.3) is 5.91 Å². The summed E-state index contributed by atoms with van der Waals surface area (Å²) in [6.07, 6.45) is 1.65. The summed E-state index contributed by atoms with van der Waals surface area (Å²) in [5, 5.41) is 0.897. The van der Waals surface area contributed by atoms with Gasteiger partial charge in [-0.05, 0) is 61.9 Å². The van der Waals surface area contributed by atoms with E-state index in [1.807, 2.05) is 26.0 Å². The van der Waals surface area contributed by atoms with Gasteiger partial charge >= 0.3 is 0 Å². The Kier molecular flexibility index (Phi) is 6.29. The molecule has 0 fully saturated rings. The maximum atomic E-state index is 13.8. The molecule has 36 heavy (non-hydrogen) atoms. The van der Waals surface area contributed by atoms with Gasteiger partial charge in [0.15, 0.2) is 16.9 Å². The van der Waals surface area contributed by atoms with Crippen LogP contribution in [-0.4, -0.2) is 19.1 Å². The average molecular weight is 502 g/mol. The van der Waals surface area contributed by atoms with Crippen molar-refractivity contribution >= 4 is 34.2 Å². The van der Waals surface area contributed by atoms with Crippen LogP contribution < -0.4 is 19.8 Å². The van der Waals surface area contributed by atoms with Gasteiger partial charge in [0.05, 0.1) is 23.6 Å². The number of ether oxygens (including phenoxy) is 2. The Morgan fingerprint density at radius 2 is 1.89 bits per heavy atom. The largest absolute Gasteiger partial charge is 0.490 e. The van der Waals surface area contributed by atoms with Crippen molar-refractivity contribution in [3.05, 3.63) is 111 Å². The van der Waals surface area contributed by atoms with Crippen LogP contribution in [0.4, 0.5) is 5.69 Å². The van der Waals surface area contributed by atoms with Gasteiger partial charge in [0.2, 0.25) is 5.76 Å². The maximum Gasteiger partial charge on any atom is 0.295 e. The molecule has 1 atom stereocenters. The van der Waals surface area contributed by atoms with Crippen LogP contribution in [0.1, 0.15) is 40.2 Å². The van der Waals surface area contributed by atoms with Crippen LogP contribution >= 0.6 is 11.6 Å². The number of anilines is 1. The maximum absolute atomic E-state index is 13.8. The Hall–Kier alpha value is -4.03. The molecule has 1 unspecified atom stereocenters. The van der Waals surface area contributed by atoms with E-state index in [1.165, 1.54) is 0 Å². The van der Waals surface area contributed by atoms with E-state index in [0.29, 0.717) is 52.0 Å². The van der Waals surface area contributed by atoms with Gasteiger partial charge in [0.1, 0.15) is 12.2 Å². The summed E-state index contributed by atoms with van der Waals surface area (Å²) in [4.78, 5) is 29.1. The molecular weight excluding hydrogens is 478 g/mol. The third-order valence-corrected chi connectivity index (χ3v) is 6.29. The van der Waals surface area contributed by atoms with Crippen molar-refractivity contribution in [3.63, 3.8) is 0 Å². The fourth-order valence-electron chi connectivity index (χ4n) is 4.53. The first-order valence-corrected chi connectivity index (χ1v) is 12.0. The molecule has 0 N–H and O–H groups in total. The fourth-order valence-corrected chi connectivity index (χ4v) is 4.71. The topological polar surface area (TPSA) is 69.0 Å². The van der Waals surface area contributed by atoms with Crippen molar-refractivity contribution in [1.82, 2.24) is 0 Å². The number of fused-ring (bicyclic) bond motifs is 2. The monoisotopic (exact) mass is 501 g/mol. The van der Waals surface area contributed by atoms with Gasteiger partial charge < -0.3 is 13.9 Å². The molecule has 7 heteroatoms. The van der Waals surface area contributed by atoms with Gasteiger partial charge in [-0.25, -0.2) is 0 Å². The SMILES string of the molecule is C=CCOc1ccc(C2c3c(oc4ccc(C)cc4c3=O)C(=O)N2c2cccc(Cl)c2)cc1OCC. The molecule has 0 aliphatic carbocycles. The highest BCUT2D eigenvalue weighted by Gasteiger charge is 2.44. The molecule has 0 bridgehead atoms. The van der Waals surface area contributed by atoms with Gasteiger partial charge in [-0.2, -0.15) is 0 Å². The van der Waals surface area contributed by atoms with Crippen LogP contribution in [-0.2, 0) is 0 Å². The third kappa shape index (κ3) is 4.03. The van der Waals surface area contributed by atoms with Crippen molar-refractivity contribution in [1.29, 1.82) is 0 Å². The number of benzene rings is 3. The number of halogens is 1. The molecule has 6 nitrogen and oxygen atoms in total. The molecule has 0 saturated carbocycles. The molecule has 4 aromatic rings. The van der Waals surface area contributed by atoms with E-state index in [9.17, 15) is 9.59 Å². The zero-order valence-corrected chi connectivity index (χ0v) is 20.7. The number of carbonyl (C=O) groups excluding carboxylic acids is 1. The third-order valence-electron chi connectivity index (χ3n) is 6.05. The predicted molar refractivity (Wildman–Crippen MR) is 141 cm³/mol. The van der Waals surface area contributed by atoms with Crippen LogP contribution in [0.2, 0.25) is 5.02 Å². The van der Waals surface area contributed by atoms with Crippen molar-refractivity contribution in [2.24, 2.45) is 0 Å². The molecule has 1 aliphatic rings. The quantitative estimate of drug-likeness (QED) is 0.271. The van der Waals surface area contributed by atoms with E-state index in [1.54, 1.807) is 59.5 Å². The summed E-state index contributed by atoms with van der Waals surface area (Å²) in [6.45, 7) is 8.20. The van der Waals surface area contributed by atoms with Crippen LogP contribution in [0.5, 0.6) is 11.5 Å². The van der Waals surface area contributed by atoms with Gasteiger partial charge in [-0.3, -0.25) is 14.5 Å². The predicted octanol–water partition coefficient (Wildman–Crippen LogP) is 6.47. The van der Waals surface area contributed by atoms with Crippen LogP contribution in [0, 0.1) is 6.92 Å². The number of amides is 1. The molecule has 1 aromatic heterocycles. The molecule has 0 spiro atoms. The lowest BCUT2D eigenvalue weighted by molar-refractivity contribution is 0.0971. The second-order valence-electron chi connectivity index (χ2n) is 8.47. The minimum Gasteiger partial charge on any atom is -0.490 e. The Morgan fingerprint density at radius 3 is 2.64 bits per heavy atom. The number of aryl methyl sites for hydroxylation is 1. The summed E-state index contributed by atoms with van der Waals surface area (Å²) in [5.41, 5.74) is 2.55. The Morgan fingerprint density at radius 1 is 1.06 bits per heavy atom. The Labute approximate surface area is 213 Å². The van der Waals surface area contributed by atoms with Gasteiger partial charge in [-0.1, -0.05) is 48.0 Å². The number of carbonyl (C=O) groups is 1. The lowest BCUT2D eigenvalue weighted by Gasteiger charge is -2.26. The van der Waals surface area contributed by atoms with Crippen molar-refractivity contribution < 1.29 is 18.7 Å². The van der Waals surface area contributed by atoms with E-state index < -0.39 is 11.9 Å². The number of hydrogen-bond acceptors (Lipinski definition) is 5. The number of hydrogen-bond donors (Lipinski definition) is 0. The summed E-state index contributed by atoms with van der Waals surface area (Å²) in [7, 11) is 0. The number of nitrogens with zero attached hydrogens (tertiary/aromatic N) is 1. The minimum absolute atomic E-state index is 0.0197. The minimum atomic E-state index is -0.750. The zero-order chi connectivity index (χ0) is 25.4. The standard InChI is InChI=1S/C29H24ClNO5/c1-4-13-35-23-12-10-18(15-24(23)34-5-2)26-25-27(32)21-14-17(3)9-11-22(21)36-28(25)29(33)31(26)20-8-6-7-19(30)16-20/h4,6-12,14-16,26H,1,5,13H2,2-3H3. The molecule has 5 rings (SSSR count). The molecular formula is C29H24ClNO5. The fraction of sp³-hybridized carbons (Fsp3) is 0.172. The molecule has 182 valence electrons. The van der Waals surface area contributed by atoms with E-state index in [2.05, 4.69) is 6.58 Å². The highest BCUT2D eigenvalue weighted by molar-refractivity contribution is 6.31. The second kappa shape index (κ2) is 9.55. The Balaban J connectivity index is 1.76. The lowest BCUT2D eigenvalue weighted by Crippen LogP contribution is -2.29. The zero-order valence-electron chi connectivity index (χ0n) is 19.9. The van der Waals surface area contributed by atoms with Crippen molar-refractivity contribution in [3.8, 4) is 11.5 Å². The highest BCUT2D eigenvalue weighted by Crippen LogP contribution is 2.43. The van der Waals surface area contributed by atoms with Crippen LogP contribution in [0.3, 0.4) is 0 Å². The first-order valence-electron chi connectivity index (χ1n) is 11.6. The van der Waals surface area contributed by atoms with Crippen LogP contribution in [0.25, 0.3) is 11.0 Å². The summed E-state index contributed by atoms with van der Waals surface area (Å²) in [6, 6.07) is 17.0. The van der Waals surface area contributed by atoms with E-state index in [-0.39, 0.29) is 16.8 Å². The molecule has 1 aliphatic heterocycles. The average Bonchev–Trinajstić information content (AvgIpc) is 3.16. The van der Waals surface area contributed by atoms with E-state index >= 15 is 0 Å². The molecule has 3 aromatic carbocycles. The van der Waals surface area contributed by atoms with E-state index in [4.69, 9.17) is 25.5 Å². The van der Waals surface area contributed by atoms with Gasteiger partial charge in [0, 0.05) is 10.7 Å². The lowest BCUT2D eigenvalue weighted by atomic mass is 9.97. The van der Waals surface area contributed by atoms with Crippen molar-refractivity contribution in [2.75, 3.05) is 18.1 Å². The van der Waals surface area contributed by atoms with E-state index in [0.717, 1.165) is 5.56 Å². The first-order chi connectivity index (χ1) is 17.4. The van der Waals surface area contributed by atoms with Crippen molar-refractivity contribution in [2.45, 2.75) is 19.9 Å². The van der Waals surface area contributed by atoms with Crippen LogP contribution in [0.15, 0.2) is 82.5 Å². The smallest absolute Gasteiger partial charge is 0.295 e.